The molecule has 0 radical (unpaired) electrons. The monoisotopic (exact) mass is 547 g/mol. The van der Waals surface area contributed by atoms with Crippen molar-refractivity contribution in [3.63, 3.8) is 0 Å². The zero-order valence-electron chi connectivity index (χ0n) is 18.7. The Kier molecular flexibility index (Phi) is 8.99. The number of amides is 1. The highest BCUT2D eigenvalue weighted by atomic mass is 35.5. The largest absolute Gasteiger partial charge is 0.351 e. The molecule has 0 atom stereocenters. The second-order valence-corrected chi connectivity index (χ2v) is 12.6. The van der Waals surface area contributed by atoms with E-state index in [0.717, 1.165) is 23.6 Å². The normalized spacial score (nSPS) is 15.4. The van der Waals surface area contributed by atoms with Crippen LogP contribution < -0.4 is 5.32 Å². The van der Waals surface area contributed by atoms with E-state index >= 15 is 0 Å². The van der Waals surface area contributed by atoms with Crippen LogP contribution >= 0.6 is 23.2 Å². The molecule has 8 nitrogen and oxygen atoms in total. The maximum atomic E-state index is 13.0. The van der Waals surface area contributed by atoms with Crippen LogP contribution in [0.25, 0.3) is 0 Å². The van der Waals surface area contributed by atoms with E-state index in [2.05, 4.69) is 5.32 Å². The van der Waals surface area contributed by atoms with E-state index in [-0.39, 0.29) is 32.9 Å². The minimum Gasteiger partial charge on any atom is -0.351 e. The molecule has 3 rings (SSSR count). The summed E-state index contributed by atoms with van der Waals surface area (Å²) in [4.78, 5) is 12.5. The molecule has 2 aromatic carbocycles. The van der Waals surface area contributed by atoms with Gasteiger partial charge in [0.05, 0.1) is 16.5 Å². The maximum Gasteiger partial charge on any atom is 0.245 e. The zero-order valence-corrected chi connectivity index (χ0v) is 21.9. The lowest BCUT2D eigenvalue weighted by Crippen LogP contribution is -2.40. The van der Waals surface area contributed by atoms with Gasteiger partial charge in [0.1, 0.15) is 4.90 Å². The van der Waals surface area contributed by atoms with Gasteiger partial charge >= 0.3 is 0 Å². The SMILES string of the molecule is CCN(CC(=O)NCc1ccc(S(=O)(=O)N2CCCCC2)cc1)S(=O)(=O)c1cc(Cl)ccc1Cl. The molecule has 1 amide bonds. The number of sulfonamides is 2. The summed E-state index contributed by atoms with van der Waals surface area (Å²) in [5.41, 5.74) is 0.690. The number of nitrogens with zero attached hydrogens (tertiary/aromatic N) is 2. The summed E-state index contributed by atoms with van der Waals surface area (Å²) in [5.74, 6) is -0.506. The van der Waals surface area contributed by atoms with Crippen LogP contribution in [0.2, 0.25) is 10.0 Å². The van der Waals surface area contributed by atoms with Gasteiger partial charge in [-0.3, -0.25) is 4.79 Å². The van der Waals surface area contributed by atoms with Crippen molar-refractivity contribution in [3.05, 3.63) is 58.1 Å². The van der Waals surface area contributed by atoms with Crippen molar-refractivity contribution in [3.8, 4) is 0 Å². The van der Waals surface area contributed by atoms with Crippen molar-refractivity contribution < 1.29 is 21.6 Å². The van der Waals surface area contributed by atoms with Crippen LogP contribution in [0.5, 0.6) is 0 Å². The summed E-state index contributed by atoms with van der Waals surface area (Å²) in [6.07, 6.45) is 2.75. The number of carbonyl (C=O) groups is 1. The number of hydrogen-bond acceptors (Lipinski definition) is 5. The molecule has 1 saturated heterocycles. The van der Waals surface area contributed by atoms with Gasteiger partial charge in [-0.2, -0.15) is 8.61 Å². The number of piperidine rings is 1. The molecule has 1 N–H and O–H groups in total. The van der Waals surface area contributed by atoms with Crippen LogP contribution in [-0.4, -0.2) is 57.5 Å². The van der Waals surface area contributed by atoms with Crippen LogP contribution in [0, 0.1) is 0 Å². The van der Waals surface area contributed by atoms with Crippen LogP contribution in [0.4, 0.5) is 0 Å². The fourth-order valence-electron chi connectivity index (χ4n) is 3.63. The van der Waals surface area contributed by atoms with Crippen molar-refractivity contribution in [2.24, 2.45) is 0 Å². The van der Waals surface area contributed by atoms with Gasteiger partial charge in [-0.25, -0.2) is 16.8 Å². The first-order valence-electron chi connectivity index (χ1n) is 10.9. The number of likely N-dealkylation sites (N-methyl/N-ethyl adjacent to an activating group) is 1. The lowest BCUT2D eigenvalue weighted by Gasteiger charge is -2.25. The summed E-state index contributed by atoms with van der Waals surface area (Å²) in [6.45, 7) is 2.45. The molecule has 0 aliphatic carbocycles. The number of carbonyl (C=O) groups excluding carboxylic acids is 1. The van der Waals surface area contributed by atoms with Gasteiger partial charge in [-0.05, 0) is 48.7 Å². The highest BCUT2D eigenvalue weighted by molar-refractivity contribution is 7.89. The Morgan fingerprint density at radius 1 is 1.00 bits per heavy atom. The second kappa shape index (κ2) is 11.4. The second-order valence-electron chi connectivity index (χ2n) is 7.89. The fraction of sp³-hybridized carbons (Fsp3) is 0.409. The van der Waals surface area contributed by atoms with Crippen molar-refractivity contribution >= 4 is 49.2 Å². The van der Waals surface area contributed by atoms with E-state index in [1.807, 2.05) is 0 Å². The van der Waals surface area contributed by atoms with Gasteiger partial charge < -0.3 is 5.32 Å². The summed E-state index contributed by atoms with van der Waals surface area (Å²) in [5, 5.41) is 2.90. The first kappa shape index (κ1) is 26.9. The molecule has 34 heavy (non-hydrogen) atoms. The average molecular weight is 549 g/mol. The van der Waals surface area contributed by atoms with E-state index in [0.29, 0.717) is 18.7 Å². The molecule has 0 saturated carbocycles. The Morgan fingerprint density at radius 2 is 1.65 bits per heavy atom. The third-order valence-electron chi connectivity index (χ3n) is 5.55. The number of rotatable bonds is 9. The number of halogens is 2. The van der Waals surface area contributed by atoms with Crippen LogP contribution in [0.15, 0.2) is 52.3 Å². The molecule has 12 heteroatoms. The zero-order chi connectivity index (χ0) is 24.9. The quantitative estimate of drug-likeness (QED) is 0.517. The molecule has 0 aromatic heterocycles. The first-order valence-corrected chi connectivity index (χ1v) is 14.5. The third-order valence-corrected chi connectivity index (χ3v) is 10.1. The first-order chi connectivity index (χ1) is 16.1. The van der Waals surface area contributed by atoms with Gasteiger partial charge in [0.25, 0.3) is 0 Å². The van der Waals surface area contributed by atoms with E-state index in [1.54, 1.807) is 19.1 Å². The summed E-state index contributed by atoms with van der Waals surface area (Å²) in [7, 11) is -7.56. The van der Waals surface area contributed by atoms with Gasteiger partial charge in [0, 0.05) is 31.2 Å². The van der Waals surface area contributed by atoms with Crippen LogP contribution in [0.3, 0.4) is 0 Å². The Balaban J connectivity index is 1.62. The van der Waals surface area contributed by atoms with Crippen molar-refractivity contribution in [2.45, 2.75) is 42.5 Å². The van der Waals surface area contributed by atoms with E-state index in [9.17, 15) is 21.6 Å². The molecule has 0 bridgehead atoms. The Hall–Kier alpha value is -1.69. The maximum absolute atomic E-state index is 13.0. The van der Waals surface area contributed by atoms with Crippen LogP contribution in [-0.2, 0) is 31.4 Å². The number of hydrogen-bond donors (Lipinski definition) is 1. The van der Waals surface area contributed by atoms with Gasteiger partial charge in [-0.1, -0.05) is 48.7 Å². The summed E-state index contributed by atoms with van der Waals surface area (Å²) < 4.78 is 53.9. The minimum atomic E-state index is -4.03. The Bertz CT molecular complexity index is 1230. The molecule has 0 spiro atoms. The van der Waals surface area contributed by atoms with Gasteiger partial charge in [0.2, 0.25) is 26.0 Å². The van der Waals surface area contributed by atoms with Crippen molar-refractivity contribution in [1.82, 2.24) is 13.9 Å². The molecule has 2 aromatic rings. The smallest absolute Gasteiger partial charge is 0.245 e. The van der Waals surface area contributed by atoms with E-state index in [1.165, 1.54) is 34.6 Å². The lowest BCUT2D eigenvalue weighted by molar-refractivity contribution is -0.121. The molecule has 186 valence electrons. The topological polar surface area (TPSA) is 104 Å². The summed E-state index contributed by atoms with van der Waals surface area (Å²) in [6, 6.07) is 10.4. The number of benzene rings is 2. The number of nitrogens with one attached hydrogen (secondary N) is 1. The fourth-order valence-corrected chi connectivity index (χ4v) is 7.29. The standard InChI is InChI=1S/C22H27Cl2N3O5S2/c1-2-26(34(31,32)21-14-18(23)8-11-20(21)24)16-22(28)25-15-17-6-9-19(10-7-17)33(29,30)27-12-4-3-5-13-27/h6-11,14H,2-5,12-13,15-16H2,1H3,(H,25,28). The Morgan fingerprint density at radius 3 is 2.26 bits per heavy atom. The molecule has 1 aliphatic heterocycles. The summed E-state index contributed by atoms with van der Waals surface area (Å²) >= 11 is 12.0. The average Bonchev–Trinajstić information content (AvgIpc) is 2.83. The van der Waals surface area contributed by atoms with Gasteiger partial charge in [-0.15, -0.1) is 0 Å². The van der Waals surface area contributed by atoms with Gasteiger partial charge in [0.15, 0.2) is 0 Å². The molecular weight excluding hydrogens is 521 g/mol. The van der Waals surface area contributed by atoms with E-state index < -0.39 is 32.5 Å². The molecular formula is C22H27Cl2N3O5S2. The highest BCUT2D eigenvalue weighted by Gasteiger charge is 2.28. The van der Waals surface area contributed by atoms with Crippen molar-refractivity contribution in [1.29, 1.82) is 0 Å². The third kappa shape index (κ3) is 6.30. The minimum absolute atomic E-state index is 0.0165. The Labute approximate surface area is 210 Å². The lowest BCUT2D eigenvalue weighted by atomic mass is 10.2. The predicted molar refractivity (Wildman–Crippen MR) is 132 cm³/mol. The highest BCUT2D eigenvalue weighted by Crippen LogP contribution is 2.27. The van der Waals surface area contributed by atoms with E-state index in [4.69, 9.17) is 23.2 Å². The molecule has 1 fully saturated rings. The molecule has 0 unspecified atom stereocenters. The predicted octanol–water partition coefficient (Wildman–Crippen LogP) is 3.50. The molecule has 1 heterocycles. The molecule has 1 aliphatic rings. The van der Waals surface area contributed by atoms with Crippen molar-refractivity contribution in [2.75, 3.05) is 26.2 Å². The van der Waals surface area contributed by atoms with Crippen LogP contribution in [0.1, 0.15) is 31.7 Å².